The molecule has 0 spiro atoms. The zero-order chi connectivity index (χ0) is 38.8. The highest BCUT2D eigenvalue weighted by Crippen LogP contribution is 2.30. The van der Waals surface area contributed by atoms with Crippen molar-refractivity contribution in [1.29, 1.82) is 0 Å². The van der Waals surface area contributed by atoms with Crippen LogP contribution in [0.25, 0.3) is 0 Å². The van der Waals surface area contributed by atoms with E-state index in [1.54, 1.807) is 0 Å². The van der Waals surface area contributed by atoms with Crippen LogP contribution in [0, 0.1) is 0 Å². The maximum atomic E-state index is 11.0. The van der Waals surface area contributed by atoms with Gasteiger partial charge in [-0.1, -0.05) is 90.4 Å². The molecule has 0 saturated carbocycles. The van der Waals surface area contributed by atoms with E-state index in [0.29, 0.717) is 6.61 Å². The first-order chi connectivity index (χ1) is 25.5. The Labute approximate surface area is 312 Å². The summed E-state index contributed by atoms with van der Waals surface area (Å²) in [5.74, 6) is 0. The van der Waals surface area contributed by atoms with Crippen molar-refractivity contribution in [3.8, 4) is 0 Å². The third-order valence-electron chi connectivity index (χ3n) is 10.1. The fourth-order valence-electron chi connectivity index (χ4n) is 6.70. The minimum Gasteiger partial charge on any atom is -0.394 e. The van der Waals surface area contributed by atoms with Crippen molar-refractivity contribution in [2.75, 3.05) is 39.6 Å². The fourth-order valence-corrected chi connectivity index (χ4v) is 6.70. The Kier molecular flexibility index (Phi) is 22.5. The van der Waals surface area contributed by atoms with Crippen LogP contribution in [0.2, 0.25) is 0 Å². The Bertz CT molecular complexity index is 934. The quantitative estimate of drug-likeness (QED) is 0.0470. The summed E-state index contributed by atoms with van der Waals surface area (Å²) >= 11 is 0. The predicted molar refractivity (Wildman–Crippen MR) is 186 cm³/mol. The molecule has 0 aromatic rings. The van der Waals surface area contributed by atoms with Gasteiger partial charge in [-0.2, -0.15) is 0 Å². The molecule has 9 unspecified atom stereocenters. The Hall–Kier alpha value is -0.680. The molecule has 3 heterocycles. The first-order valence-electron chi connectivity index (χ1n) is 19.6. The minimum absolute atomic E-state index is 0.0957. The van der Waals surface area contributed by atoms with Gasteiger partial charge in [-0.25, -0.2) is 0 Å². The van der Waals surface area contributed by atoms with Crippen molar-refractivity contribution in [3.63, 3.8) is 0 Å². The number of hydrogen-bond donors (Lipinski definition) is 10. The van der Waals surface area contributed by atoms with Gasteiger partial charge in [-0.05, 0) is 6.42 Å². The van der Waals surface area contributed by atoms with Gasteiger partial charge in [-0.3, -0.25) is 0 Å². The number of rotatable bonds is 26. The average molecular weight is 773 g/mol. The molecule has 0 radical (unpaired) electrons. The number of aliphatic hydroxyl groups excluding tert-OH is 10. The van der Waals surface area contributed by atoms with Crippen LogP contribution in [0.3, 0.4) is 0 Å². The van der Waals surface area contributed by atoms with Crippen molar-refractivity contribution in [3.05, 3.63) is 0 Å². The second kappa shape index (κ2) is 25.5. The second-order valence-corrected chi connectivity index (χ2v) is 14.5. The van der Waals surface area contributed by atoms with Crippen LogP contribution in [0.5, 0.6) is 0 Å². The van der Waals surface area contributed by atoms with Gasteiger partial charge in [0.1, 0.15) is 73.2 Å². The van der Waals surface area contributed by atoms with E-state index in [1.165, 1.54) is 64.2 Å². The highest BCUT2D eigenvalue weighted by atomic mass is 16.8. The molecule has 0 bridgehead atoms. The summed E-state index contributed by atoms with van der Waals surface area (Å²) < 4.78 is 40.0. The topological polar surface area (TPSA) is 267 Å². The second-order valence-electron chi connectivity index (χ2n) is 14.5. The summed E-state index contributed by atoms with van der Waals surface area (Å²) in [6.45, 7) is 0.440. The van der Waals surface area contributed by atoms with Crippen molar-refractivity contribution in [1.82, 2.24) is 0 Å². The van der Waals surface area contributed by atoms with Gasteiger partial charge in [0, 0.05) is 6.61 Å². The van der Waals surface area contributed by atoms with Crippen LogP contribution < -0.4 is 0 Å². The molecular formula is C36H68O17. The normalized spacial score (nSPS) is 37.2. The molecular weight excluding hydrogens is 704 g/mol. The van der Waals surface area contributed by atoms with Gasteiger partial charge in [0.15, 0.2) is 18.9 Å². The highest BCUT2D eigenvalue weighted by Gasteiger charge is 2.51. The Morgan fingerprint density at radius 1 is 0.547 bits per heavy atom. The van der Waals surface area contributed by atoms with E-state index in [4.69, 9.17) is 33.2 Å². The number of aliphatic hydroxyl groups is 10. The molecule has 17 nitrogen and oxygen atoms in total. The molecule has 15 atom stereocenters. The van der Waals surface area contributed by atoms with E-state index in [-0.39, 0.29) is 19.8 Å². The lowest BCUT2D eigenvalue weighted by Crippen LogP contribution is -2.65. The first kappa shape index (κ1) is 46.7. The summed E-state index contributed by atoms with van der Waals surface area (Å²) in [7, 11) is 0. The first-order valence-corrected chi connectivity index (χ1v) is 19.6. The lowest BCUT2D eigenvalue weighted by atomic mass is 9.97. The van der Waals surface area contributed by atoms with Gasteiger partial charge >= 0.3 is 0 Å². The van der Waals surface area contributed by atoms with Gasteiger partial charge in [0.05, 0.1) is 33.0 Å². The van der Waals surface area contributed by atoms with Crippen molar-refractivity contribution in [2.45, 2.75) is 189 Å². The van der Waals surface area contributed by atoms with E-state index in [2.05, 4.69) is 6.92 Å². The largest absolute Gasteiger partial charge is 0.394 e. The molecule has 0 amide bonds. The van der Waals surface area contributed by atoms with Crippen LogP contribution in [0.15, 0.2) is 0 Å². The average Bonchev–Trinajstić information content (AvgIpc) is 3.15. The summed E-state index contributed by atoms with van der Waals surface area (Å²) in [6.07, 6.45) is -6.18. The molecule has 0 aromatic heterocycles. The Morgan fingerprint density at radius 3 is 1.62 bits per heavy atom. The lowest BCUT2D eigenvalue weighted by Gasteiger charge is -2.46. The molecule has 314 valence electrons. The number of ether oxygens (including phenoxy) is 7. The SMILES string of the molecule is CCCCCCCCCCCCCCCCOCC(CO[C@@H]1OC[C@@H](O)C(O)C1O)O[C@@H]1OC(CO)[C@@H](O)C(O)C1O[C@@H]1OC(CO)[C@@H](O)C(O)C1O. The van der Waals surface area contributed by atoms with Gasteiger partial charge in [0.2, 0.25) is 0 Å². The Balaban J connectivity index is 1.54. The van der Waals surface area contributed by atoms with E-state index in [0.717, 1.165) is 25.7 Å². The summed E-state index contributed by atoms with van der Waals surface area (Å²) in [6, 6.07) is 0. The molecule has 3 saturated heterocycles. The monoisotopic (exact) mass is 772 g/mol. The van der Waals surface area contributed by atoms with E-state index < -0.39 is 105 Å². The van der Waals surface area contributed by atoms with Crippen LogP contribution in [-0.2, 0) is 33.2 Å². The zero-order valence-electron chi connectivity index (χ0n) is 31.1. The summed E-state index contributed by atoms with van der Waals surface area (Å²) in [5.41, 5.74) is 0. The van der Waals surface area contributed by atoms with Gasteiger partial charge < -0.3 is 84.2 Å². The van der Waals surface area contributed by atoms with Crippen molar-refractivity contribution in [2.24, 2.45) is 0 Å². The lowest BCUT2D eigenvalue weighted by molar-refractivity contribution is -0.374. The van der Waals surface area contributed by atoms with E-state index in [1.807, 2.05) is 0 Å². The van der Waals surface area contributed by atoms with Crippen LogP contribution in [0.1, 0.15) is 96.8 Å². The molecule has 10 N–H and O–H groups in total. The van der Waals surface area contributed by atoms with E-state index >= 15 is 0 Å². The van der Waals surface area contributed by atoms with Crippen molar-refractivity contribution >= 4 is 0 Å². The molecule has 17 heteroatoms. The maximum absolute atomic E-state index is 11.0. The molecule has 3 fully saturated rings. The number of unbranched alkanes of at least 4 members (excludes halogenated alkanes) is 13. The minimum atomic E-state index is -1.84. The zero-order valence-corrected chi connectivity index (χ0v) is 31.1. The molecule has 53 heavy (non-hydrogen) atoms. The smallest absolute Gasteiger partial charge is 0.187 e. The van der Waals surface area contributed by atoms with Gasteiger partial charge in [0.25, 0.3) is 0 Å². The molecule has 3 aliphatic rings. The summed E-state index contributed by atoms with van der Waals surface area (Å²) in [4.78, 5) is 0. The van der Waals surface area contributed by atoms with Gasteiger partial charge in [-0.15, -0.1) is 0 Å². The standard InChI is InChI=1S/C36H68O17/c1-2-3-4-5-6-7-8-9-10-11-12-13-14-15-16-47-19-22(20-48-34-31(45)26(40)23(39)21-49-34)50-36-33(30(44)28(42)25(18-38)52-36)53-35-32(46)29(43)27(41)24(17-37)51-35/h22-46H,2-21H2,1H3/t22?,23-,24?,25?,26?,27-,28-,29?,30?,31?,32?,33?,34-,35+,36-/m1/s1. The fraction of sp³-hybridized carbons (Fsp3) is 1.00. The molecule has 3 rings (SSSR count). The van der Waals surface area contributed by atoms with Crippen LogP contribution in [-0.4, -0.2) is 183 Å². The maximum Gasteiger partial charge on any atom is 0.187 e. The number of hydrogen-bond acceptors (Lipinski definition) is 17. The highest BCUT2D eigenvalue weighted by molar-refractivity contribution is 4.94. The predicted octanol–water partition coefficient (Wildman–Crippen LogP) is -1.05. The van der Waals surface area contributed by atoms with E-state index in [9.17, 15) is 51.1 Å². The van der Waals surface area contributed by atoms with Crippen LogP contribution in [0.4, 0.5) is 0 Å². The Morgan fingerprint density at radius 2 is 1.06 bits per heavy atom. The summed E-state index contributed by atoms with van der Waals surface area (Å²) in [5, 5.41) is 102. The third kappa shape index (κ3) is 15.0. The van der Waals surface area contributed by atoms with Crippen molar-refractivity contribution < 1.29 is 84.2 Å². The molecule has 0 aliphatic carbocycles. The molecule has 0 aromatic carbocycles. The van der Waals surface area contributed by atoms with Crippen LogP contribution >= 0.6 is 0 Å². The molecule has 3 aliphatic heterocycles. The third-order valence-corrected chi connectivity index (χ3v) is 10.1.